The van der Waals surface area contributed by atoms with Crippen molar-refractivity contribution in [3.05, 3.63) is 10.4 Å². The van der Waals surface area contributed by atoms with Crippen LogP contribution in [0.2, 0.25) is 5.02 Å². The van der Waals surface area contributed by atoms with E-state index in [2.05, 4.69) is 0 Å². The number of nitrogens with two attached hydrogens (primary N) is 1. The van der Waals surface area contributed by atoms with Gasteiger partial charge in [0, 0.05) is 5.38 Å². The molecule has 0 atom stereocenters. The van der Waals surface area contributed by atoms with Crippen LogP contribution in [0.1, 0.15) is 0 Å². The normalized spacial score (nSPS) is 9.62. The summed E-state index contributed by atoms with van der Waals surface area (Å²) in [5.74, 6) is 0. The lowest BCUT2D eigenvalue weighted by atomic mass is 10.5. The first-order chi connectivity index (χ1) is 3.72. The molecule has 1 aromatic heterocycles. The van der Waals surface area contributed by atoms with E-state index in [1.165, 1.54) is 0 Å². The van der Waals surface area contributed by atoms with Crippen molar-refractivity contribution in [3.63, 3.8) is 0 Å². The molecule has 0 saturated heterocycles. The van der Waals surface area contributed by atoms with Crippen LogP contribution in [0.4, 0.5) is 5.69 Å². The molecule has 0 bridgehead atoms. The fourth-order valence-corrected chi connectivity index (χ4v) is 1.18. The van der Waals surface area contributed by atoms with Crippen LogP contribution in [0.5, 0.6) is 5.06 Å². The van der Waals surface area contributed by atoms with Crippen molar-refractivity contribution in [2.45, 2.75) is 0 Å². The lowest BCUT2D eigenvalue weighted by Gasteiger charge is -1.83. The molecule has 0 amide bonds. The van der Waals surface area contributed by atoms with Gasteiger partial charge in [-0.25, -0.2) is 0 Å². The molecule has 0 unspecified atom stereocenters. The first-order valence-electron chi connectivity index (χ1n) is 1.93. The Morgan fingerprint density at radius 2 is 2.38 bits per heavy atom. The predicted molar refractivity (Wildman–Crippen MR) is 35.4 cm³/mol. The summed E-state index contributed by atoms with van der Waals surface area (Å²) in [5.41, 5.74) is 5.70. The highest BCUT2D eigenvalue weighted by Crippen LogP contribution is 2.35. The van der Waals surface area contributed by atoms with Crippen LogP contribution in [0, 0.1) is 0 Å². The lowest BCUT2D eigenvalue weighted by molar-refractivity contribution is 0.491. The third-order valence-corrected chi connectivity index (χ3v) is 2.05. The van der Waals surface area contributed by atoms with E-state index in [9.17, 15) is 0 Å². The number of thiophene rings is 1. The standard InChI is InChI=1S/C4H4ClNOS/c5-3-2(6)1-8-4(3)7/h1,7H,6H2. The van der Waals surface area contributed by atoms with Gasteiger partial charge in [-0.2, -0.15) is 0 Å². The molecule has 0 saturated carbocycles. The van der Waals surface area contributed by atoms with Crippen LogP contribution in [0.15, 0.2) is 5.38 Å². The summed E-state index contributed by atoms with van der Waals surface area (Å²) in [5, 5.41) is 10.7. The molecule has 4 heteroatoms. The van der Waals surface area contributed by atoms with Crippen molar-refractivity contribution < 1.29 is 5.11 Å². The monoisotopic (exact) mass is 149 g/mol. The molecule has 0 aliphatic carbocycles. The van der Waals surface area contributed by atoms with Crippen molar-refractivity contribution in [3.8, 4) is 5.06 Å². The molecule has 0 radical (unpaired) electrons. The zero-order valence-corrected chi connectivity index (χ0v) is 5.46. The minimum atomic E-state index is 0.0872. The Balaban J connectivity index is 3.19. The van der Waals surface area contributed by atoms with Crippen molar-refractivity contribution in [2.75, 3.05) is 5.73 Å². The molecule has 0 aliphatic heterocycles. The summed E-state index contributed by atoms with van der Waals surface area (Å²) in [6.45, 7) is 0. The van der Waals surface area contributed by atoms with Gasteiger partial charge in [0.15, 0.2) is 5.06 Å². The maximum Gasteiger partial charge on any atom is 0.192 e. The smallest absolute Gasteiger partial charge is 0.192 e. The fourth-order valence-electron chi connectivity index (χ4n) is 0.346. The maximum absolute atomic E-state index is 8.75. The molecule has 1 heterocycles. The Bertz CT molecular complexity index is 178. The minimum Gasteiger partial charge on any atom is -0.498 e. The van der Waals surface area contributed by atoms with Gasteiger partial charge in [0.25, 0.3) is 0 Å². The van der Waals surface area contributed by atoms with Crippen molar-refractivity contribution in [1.29, 1.82) is 0 Å². The second-order valence-electron chi connectivity index (χ2n) is 1.31. The second kappa shape index (κ2) is 1.84. The van der Waals surface area contributed by atoms with Crippen LogP contribution < -0.4 is 5.73 Å². The molecule has 1 aromatic rings. The molecule has 1 rings (SSSR count). The van der Waals surface area contributed by atoms with E-state index in [1.54, 1.807) is 5.38 Å². The quantitative estimate of drug-likeness (QED) is 0.590. The average Bonchev–Trinajstić information content (AvgIpc) is 1.98. The molecular formula is C4H4ClNOS. The van der Waals surface area contributed by atoms with Gasteiger partial charge in [0.2, 0.25) is 0 Å². The maximum atomic E-state index is 8.75. The highest BCUT2D eigenvalue weighted by Gasteiger charge is 2.02. The van der Waals surface area contributed by atoms with Gasteiger partial charge in [0.1, 0.15) is 5.02 Å². The van der Waals surface area contributed by atoms with Gasteiger partial charge in [-0.1, -0.05) is 11.6 Å². The van der Waals surface area contributed by atoms with E-state index in [1.807, 2.05) is 0 Å². The first-order valence-corrected chi connectivity index (χ1v) is 3.19. The van der Waals surface area contributed by atoms with Gasteiger partial charge < -0.3 is 10.8 Å². The highest BCUT2D eigenvalue weighted by atomic mass is 35.5. The van der Waals surface area contributed by atoms with E-state index in [4.69, 9.17) is 22.4 Å². The minimum absolute atomic E-state index is 0.0872. The van der Waals surface area contributed by atoms with Crippen molar-refractivity contribution in [2.24, 2.45) is 0 Å². The molecule has 0 aromatic carbocycles. The van der Waals surface area contributed by atoms with Crippen LogP contribution in [-0.4, -0.2) is 5.11 Å². The van der Waals surface area contributed by atoms with E-state index < -0.39 is 0 Å². The van der Waals surface area contributed by atoms with Crippen molar-refractivity contribution >= 4 is 28.6 Å². The zero-order chi connectivity index (χ0) is 6.15. The zero-order valence-electron chi connectivity index (χ0n) is 3.89. The Morgan fingerprint density at radius 3 is 2.50 bits per heavy atom. The molecule has 0 spiro atoms. The number of hydrogen-bond acceptors (Lipinski definition) is 3. The number of halogens is 1. The number of rotatable bonds is 0. The highest BCUT2D eigenvalue weighted by molar-refractivity contribution is 7.13. The SMILES string of the molecule is Nc1csc(O)c1Cl. The molecule has 3 N–H and O–H groups in total. The summed E-state index contributed by atoms with van der Waals surface area (Å²) in [6.07, 6.45) is 0. The van der Waals surface area contributed by atoms with Gasteiger partial charge in [-0.15, -0.1) is 11.3 Å². The summed E-state index contributed by atoms with van der Waals surface area (Å²) in [6, 6.07) is 0. The molecule has 44 valence electrons. The predicted octanol–water partition coefficient (Wildman–Crippen LogP) is 1.69. The van der Waals surface area contributed by atoms with Crippen LogP contribution in [0.25, 0.3) is 0 Å². The first kappa shape index (κ1) is 5.72. The van der Waals surface area contributed by atoms with Gasteiger partial charge in [-0.05, 0) is 0 Å². The Labute approximate surface area is 55.5 Å². The largest absolute Gasteiger partial charge is 0.498 e. The molecular weight excluding hydrogens is 146 g/mol. The molecule has 8 heavy (non-hydrogen) atoms. The third kappa shape index (κ3) is 0.743. The summed E-state index contributed by atoms with van der Waals surface area (Å²) in [4.78, 5) is 0. The van der Waals surface area contributed by atoms with Gasteiger partial charge in [0.05, 0.1) is 5.69 Å². The van der Waals surface area contributed by atoms with E-state index >= 15 is 0 Å². The number of hydrogen-bond donors (Lipinski definition) is 2. The molecule has 0 aliphatic rings. The summed E-state index contributed by atoms with van der Waals surface area (Å²) < 4.78 is 0. The van der Waals surface area contributed by atoms with Gasteiger partial charge in [-0.3, -0.25) is 0 Å². The second-order valence-corrected chi connectivity index (χ2v) is 2.55. The topological polar surface area (TPSA) is 46.2 Å². The number of nitrogen functional groups attached to an aromatic ring is 1. The lowest BCUT2D eigenvalue weighted by Crippen LogP contribution is -1.77. The Morgan fingerprint density at radius 1 is 1.75 bits per heavy atom. The molecule has 0 fully saturated rings. The van der Waals surface area contributed by atoms with E-state index in [0.29, 0.717) is 5.69 Å². The van der Waals surface area contributed by atoms with Gasteiger partial charge >= 0.3 is 0 Å². The fraction of sp³-hybridized carbons (Fsp3) is 0. The summed E-state index contributed by atoms with van der Waals surface area (Å²) >= 11 is 6.56. The number of anilines is 1. The Kier molecular flexibility index (Phi) is 1.31. The number of aromatic hydroxyl groups is 1. The van der Waals surface area contributed by atoms with E-state index in [0.717, 1.165) is 11.3 Å². The average molecular weight is 150 g/mol. The Hall–Kier alpha value is -0.410. The van der Waals surface area contributed by atoms with E-state index in [-0.39, 0.29) is 10.1 Å². The van der Waals surface area contributed by atoms with Crippen LogP contribution in [0.3, 0.4) is 0 Å². The third-order valence-electron chi connectivity index (χ3n) is 0.739. The van der Waals surface area contributed by atoms with Crippen molar-refractivity contribution in [1.82, 2.24) is 0 Å². The molecule has 2 nitrogen and oxygen atoms in total. The van der Waals surface area contributed by atoms with Crippen LogP contribution >= 0.6 is 22.9 Å². The van der Waals surface area contributed by atoms with Crippen LogP contribution in [-0.2, 0) is 0 Å². The summed E-state index contributed by atoms with van der Waals surface area (Å²) in [7, 11) is 0.